The zero-order valence-electron chi connectivity index (χ0n) is 12.2. The van der Waals surface area contributed by atoms with Crippen molar-refractivity contribution in [2.24, 2.45) is 11.8 Å². The first-order valence-corrected chi connectivity index (χ1v) is 8.15. The van der Waals surface area contributed by atoms with Crippen molar-refractivity contribution in [3.63, 3.8) is 0 Å². The summed E-state index contributed by atoms with van der Waals surface area (Å²) in [6.07, 6.45) is 8.68. The van der Waals surface area contributed by atoms with Gasteiger partial charge in [-0.2, -0.15) is 0 Å². The van der Waals surface area contributed by atoms with E-state index in [2.05, 4.69) is 36.5 Å². The second-order valence-electron chi connectivity index (χ2n) is 6.56. The molecule has 0 saturated heterocycles. The highest BCUT2D eigenvalue weighted by Gasteiger charge is 2.26. The Balaban J connectivity index is 1.62. The number of rotatable bonds is 3. The van der Waals surface area contributed by atoms with Gasteiger partial charge in [-0.1, -0.05) is 63.3 Å². The maximum absolute atomic E-state index is 3.60. The lowest BCUT2D eigenvalue weighted by molar-refractivity contribution is 0.244. The fourth-order valence-electron chi connectivity index (χ4n) is 4.07. The van der Waals surface area contributed by atoms with Crippen LogP contribution in [0.1, 0.15) is 62.5 Å². The highest BCUT2D eigenvalue weighted by atomic mass is 14.9. The van der Waals surface area contributed by atoms with Gasteiger partial charge in [-0.3, -0.25) is 0 Å². The molecule has 1 atom stereocenters. The smallest absolute Gasteiger partial charge is 0.0208 e. The summed E-state index contributed by atoms with van der Waals surface area (Å²) in [6, 6.07) is 9.04. The third-order valence-corrected chi connectivity index (χ3v) is 5.36. The van der Waals surface area contributed by atoms with Crippen LogP contribution in [-0.4, -0.2) is 6.54 Å². The molecule has 1 nitrogen and oxygen atoms in total. The quantitative estimate of drug-likeness (QED) is 0.842. The maximum atomic E-state index is 3.60. The minimum Gasteiger partial charge on any atom is -0.312 e. The van der Waals surface area contributed by atoms with Crippen molar-refractivity contribution in [3.8, 4) is 0 Å². The van der Waals surface area contributed by atoms with Crippen LogP contribution >= 0.6 is 0 Å². The summed E-state index contributed by atoms with van der Waals surface area (Å²) in [4.78, 5) is 0. The van der Waals surface area contributed by atoms with Gasteiger partial charge in [-0.25, -0.2) is 0 Å². The van der Waals surface area contributed by atoms with Gasteiger partial charge >= 0.3 is 0 Å². The normalized spacial score (nSPS) is 30.9. The van der Waals surface area contributed by atoms with E-state index in [0.717, 1.165) is 24.3 Å². The zero-order valence-corrected chi connectivity index (χ0v) is 12.2. The van der Waals surface area contributed by atoms with Crippen molar-refractivity contribution >= 4 is 0 Å². The van der Waals surface area contributed by atoms with Gasteiger partial charge in [0.1, 0.15) is 0 Å². The van der Waals surface area contributed by atoms with Gasteiger partial charge in [0.2, 0.25) is 0 Å². The molecule has 0 spiro atoms. The predicted octanol–water partition coefficient (Wildman–Crippen LogP) is 4.48. The molecule has 1 aromatic carbocycles. The highest BCUT2D eigenvalue weighted by Crippen LogP contribution is 2.37. The SMILES string of the molecule is CCC1CCC(CC2CNCc3ccccc32)CC1. The zero-order chi connectivity index (χ0) is 13.1. The standard InChI is InChI=1S/C18H27N/c1-2-14-7-9-15(10-8-14)11-17-13-19-12-16-5-3-4-6-18(16)17/h3-6,14-15,17,19H,2,7-13H2,1H3. The van der Waals surface area contributed by atoms with Gasteiger partial charge in [0.25, 0.3) is 0 Å². The van der Waals surface area contributed by atoms with Crippen LogP contribution in [0, 0.1) is 11.8 Å². The molecule has 1 heterocycles. The van der Waals surface area contributed by atoms with Crippen LogP contribution in [0.2, 0.25) is 0 Å². The van der Waals surface area contributed by atoms with Crippen LogP contribution in [0.15, 0.2) is 24.3 Å². The van der Waals surface area contributed by atoms with E-state index in [9.17, 15) is 0 Å². The minimum atomic E-state index is 0.758. The first-order chi connectivity index (χ1) is 9.36. The number of fused-ring (bicyclic) bond motifs is 1. The molecule has 104 valence electrons. The molecule has 0 aromatic heterocycles. The summed E-state index contributed by atoms with van der Waals surface area (Å²) in [5.74, 6) is 2.75. The van der Waals surface area contributed by atoms with Gasteiger partial charge < -0.3 is 5.32 Å². The summed E-state index contributed by atoms with van der Waals surface area (Å²) in [5.41, 5.74) is 3.15. The van der Waals surface area contributed by atoms with Gasteiger partial charge in [0.05, 0.1) is 0 Å². The van der Waals surface area contributed by atoms with E-state index in [1.807, 2.05) is 0 Å². The molecule has 1 saturated carbocycles. The Morgan fingerprint density at radius 1 is 1.05 bits per heavy atom. The molecule has 19 heavy (non-hydrogen) atoms. The molecule has 1 heteroatoms. The van der Waals surface area contributed by atoms with Crippen LogP contribution in [0.3, 0.4) is 0 Å². The van der Waals surface area contributed by atoms with Gasteiger partial charge in [-0.05, 0) is 35.3 Å². The van der Waals surface area contributed by atoms with Crippen LogP contribution in [0.25, 0.3) is 0 Å². The van der Waals surface area contributed by atoms with Crippen molar-refractivity contribution in [1.82, 2.24) is 5.32 Å². The van der Waals surface area contributed by atoms with E-state index < -0.39 is 0 Å². The molecule has 2 aliphatic rings. The second-order valence-corrected chi connectivity index (χ2v) is 6.56. The number of nitrogens with one attached hydrogen (secondary N) is 1. The van der Waals surface area contributed by atoms with E-state index in [1.165, 1.54) is 50.6 Å². The molecule has 0 bridgehead atoms. The molecule has 3 rings (SSSR count). The fraction of sp³-hybridized carbons (Fsp3) is 0.667. The lowest BCUT2D eigenvalue weighted by Gasteiger charge is -2.33. The van der Waals surface area contributed by atoms with Crippen molar-refractivity contribution < 1.29 is 0 Å². The molecular weight excluding hydrogens is 230 g/mol. The van der Waals surface area contributed by atoms with Crippen molar-refractivity contribution in [1.29, 1.82) is 0 Å². The number of hydrogen-bond donors (Lipinski definition) is 1. The summed E-state index contributed by atoms with van der Waals surface area (Å²) in [6.45, 7) is 4.60. The Morgan fingerprint density at radius 2 is 1.79 bits per heavy atom. The molecule has 0 radical (unpaired) electrons. The topological polar surface area (TPSA) is 12.0 Å². The van der Waals surface area contributed by atoms with E-state index in [-0.39, 0.29) is 0 Å². The third kappa shape index (κ3) is 3.02. The minimum absolute atomic E-state index is 0.758. The monoisotopic (exact) mass is 257 g/mol. The average molecular weight is 257 g/mol. The third-order valence-electron chi connectivity index (χ3n) is 5.36. The van der Waals surface area contributed by atoms with Gasteiger partial charge in [0.15, 0.2) is 0 Å². The second kappa shape index (κ2) is 6.09. The predicted molar refractivity (Wildman–Crippen MR) is 81.2 cm³/mol. The van der Waals surface area contributed by atoms with Gasteiger partial charge in [0, 0.05) is 13.1 Å². The summed E-state index contributed by atoms with van der Waals surface area (Å²) in [5, 5.41) is 3.60. The van der Waals surface area contributed by atoms with Crippen LogP contribution in [0.4, 0.5) is 0 Å². The average Bonchev–Trinajstić information content (AvgIpc) is 2.48. The molecule has 0 amide bonds. The Labute approximate surface area is 117 Å². The lowest BCUT2D eigenvalue weighted by atomic mass is 9.75. The van der Waals surface area contributed by atoms with E-state index in [0.29, 0.717) is 0 Å². The van der Waals surface area contributed by atoms with Crippen molar-refractivity contribution in [2.45, 2.75) is 57.9 Å². The van der Waals surface area contributed by atoms with E-state index >= 15 is 0 Å². The van der Waals surface area contributed by atoms with Crippen LogP contribution < -0.4 is 5.32 Å². The van der Waals surface area contributed by atoms with Crippen molar-refractivity contribution in [2.75, 3.05) is 6.54 Å². The first-order valence-electron chi connectivity index (χ1n) is 8.15. The molecule has 1 unspecified atom stereocenters. The number of hydrogen-bond acceptors (Lipinski definition) is 1. The molecule has 1 fully saturated rings. The summed E-state index contributed by atoms with van der Waals surface area (Å²) >= 11 is 0. The number of benzene rings is 1. The first kappa shape index (κ1) is 13.2. The largest absolute Gasteiger partial charge is 0.312 e. The maximum Gasteiger partial charge on any atom is 0.0208 e. The fourth-order valence-corrected chi connectivity index (χ4v) is 4.07. The van der Waals surface area contributed by atoms with E-state index in [1.54, 1.807) is 5.56 Å². The molecule has 1 aliphatic heterocycles. The molecule has 1 aromatic rings. The summed E-state index contributed by atoms with van der Waals surface area (Å²) in [7, 11) is 0. The Kier molecular flexibility index (Phi) is 4.22. The molecule has 1 N–H and O–H groups in total. The Morgan fingerprint density at radius 3 is 2.58 bits per heavy atom. The van der Waals surface area contributed by atoms with Crippen LogP contribution in [-0.2, 0) is 6.54 Å². The van der Waals surface area contributed by atoms with Gasteiger partial charge in [-0.15, -0.1) is 0 Å². The van der Waals surface area contributed by atoms with Crippen LogP contribution in [0.5, 0.6) is 0 Å². The highest BCUT2D eigenvalue weighted by molar-refractivity contribution is 5.32. The Bertz CT molecular complexity index is 404. The molecule has 1 aliphatic carbocycles. The molecular formula is C18H27N. The Hall–Kier alpha value is -0.820. The van der Waals surface area contributed by atoms with Crippen molar-refractivity contribution in [3.05, 3.63) is 35.4 Å². The van der Waals surface area contributed by atoms with E-state index in [4.69, 9.17) is 0 Å². The summed E-state index contributed by atoms with van der Waals surface area (Å²) < 4.78 is 0. The lowest BCUT2D eigenvalue weighted by Crippen LogP contribution is -2.30.